The molecule has 0 aliphatic carbocycles. The van der Waals surface area contributed by atoms with E-state index in [1.807, 2.05) is 0 Å². The molecule has 1 unspecified atom stereocenters. The topological polar surface area (TPSA) is 90.0 Å². The molecule has 1 atom stereocenters. The van der Waals surface area contributed by atoms with Gasteiger partial charge in [0.1, 0.15) is 5.69 Å². The Bertz CT molecular complexity index is 900. The maximum absolute atomic E-state index is 12.8. The van der Waals surface area contributed by atoms with Gasteiger partial charge in [0.05, 0.1) is 18.2 Å². The second-order valence-corrected chi connectivity index (χ2v) is 6.91. The van der Waals surface area contributed by atoms with Gasteiger partial charge in [-0.3, -0.25) is 14.7 Å². The van der Waals surface area contributed by atoms with E-state index in [1.165, 1.54) is 0 Å². The lowest BCUT2D eigenvalue weighted by Crippen LogP contribution is -2.39. The fraction of sp³-hybridized carbons (Fsp3) is 0.381. The van der Waals surface area contributed by atoms with Crippen molar-refractivity contribution in [1.82, 2.24) is 9.88 Å². The van der Waals surface area contributed by atoms with Crippen LogP contribution in [-0.2, 0) is 16.1 Å². The van der Waals surface area contributed by atoms with E-state index in [0.29, 0.717) is 35.9 Å². The largest absolute Gasteiger partial charge is 0.462 e. The van der Waals surface area contributed by atoms with Crippen molar-refractivity contribution in [3.63, 3.8) is 0 Å². The van der Waals surface area contributed by atoms with Gasteiger partial charge in [0, 0.05) is 24.5 Å². The molecule has 8 heteroatoms. The molecule has 152 valence electrons. The second kappa shape index (κ2) is 8.48. The molecule has 2 aliphatic heterocycles. The van der Waals surface area contributed by atoms with Crippen molar-refractivity contribution in [1.29, 1.82) is 0 Å². The normalized spacial score (nSPS) is 17.9. The second-order valence-electron chi connectivity index (χ2n) is 6.91. The number of carbonyl (C=O) groups is 2. The van der Waals surface area contributed by atoms with Gasteiger partial charge in [0.25, 0.3) is 0 Å². The number of likely N-dealkylation sites (tertiary alicyclic amines) is 1. The smallest absolute Gasteiger partial charge is 0.338 e. The first-order valence-corrected chi connectivity index (χ1v) is 9.71. The van der Waals surface area contributed by atoms with E-state index in [-0.39, 0.29) is 24.7 Å². The van der Waals surface area contributed by atoms with Crippen molar-refractivity contribution in [2.75, 3.05) is 25.3 Å². The molecular formula is C21H23N3O5. The fourth-order valence-corrected chi connectivity index (χ4v) is 3.64. The van der Waals surface area contributed by atoms with Crippen LogP contribution in [0.4, 0.5) is 5.69 Å². The molecule has 0 bridgehead atoms. The van der Waals surface area contributed by atoms with Gasteiger partial charge in [-0.2, -0.15) is 0 Å². The monoisotopic (exact) mass is 397 g/mol. The molecule has 4 rings (SSSR count). The van der Waals surface area contributed by atoms with Gasteiger partial charge in [-0.1, -0.05) is 0 Å². The number of carbonyl (C=O) groups excluding carboxylic acids is 2. The van der Waals surface area contributed by atoms with Crippen molar-refractivity contribution in [2.24, 2.45) is 0 Å². The van der Waals surface area contributed by atoms with Gasteiger partial charge in [-0.15, -0.1) is 0 Å². The minimum Gasteiger partial charge on any atom is -0.462 e. The van der Waals surface area contributed by atoms with E-state index in [0.717, 1.165) is 25.1 Å². The minimum atomic E-state index is -0.374. The van der Waals surface area contributed by atoms with Crippen LogP contribution in [0.2, 0.25) is 0 Å². The third kappa shape index (κ3) is 4.17. The highest BCUT2D eigenvalue weighted by molar-refractivity contribution is 5.96. The SMILES string of the molecule is CCOC(=O)c1ccc(NC(=O)C2CCCN2Cc2nccc3c2OCO3)cc1. The fourth-order valence-electron chi connectivity index (χ4n) is 3.64. The van der Waals surface area contributed by atoms with Gasteiger partial charge in [-0.05, 0) is 50.6 Å². The zero-order chi connectivity index (χ0) is 20.2. The summed E-state index contributed by atoms with van der Waals surface area (Å²) in [6.07, 6.45) is 3.41. The number of aromatic nitrogens is 1. The van der Waals surface area contributed by atoms with Crippen LogP contribution < -0.4 is 14.8 Å². The Morgan fingerprint density at radius 1 is 1.24 bits per heavy atom. The summed E-state index contributed by atoms with van der Waals surface area (Å²) in [6.45, 7) is 3.61. The predicted molar refractivity (Wildman–Crippen MR) is 105 cm³/mol. The van der Waals surface area contributed by atoms with E-state index in [9.17, 15) is 9.59 Å². The van der Waals surface area contributed by atoms with Crippen molar-refractivity contribution >= 4 is 17.6 Å². The van der Waals surface area contributed by atoms with E-state index < -0.39 is 0 Å². The molecule has 0 spiro atoms. The molecule has 29 heavy (non-hydrogen) atoms. The van der Waals surface area contributed by atoms with Gasteiger partial charge in [0.2, 0.25) is 12.7 Å². The number of benzene rings is 1. The average molecular weight is 397 g/mol. The minimum absolute atomic E-state index is 0.0730. The summed E-state index contributed by atoms with van der Waals surface area (Å²) in [5, 5.41) is 2.94. The Balaban J connectivity index is 1.40. The molecule has 3 heterocycles. The first-order chi connectivity index (χ1) is 14.2. The number of anilines is 1. The van der Waals surface area contributed by atoms with Crippen molar-refractivity contribution in [2.45, 2.75) is 32.4 Å². The van der Waals surface area contributed by atoms with Crippen LogP contribution in [0.5, 0.6) is 11.5 Å². The Morgan fingerprint density at radius 2 is 2.07 bits per heavy atom. The van der Waals surface area contributed by atoms with Crippen LogP contribution in [-0.4, -0.2) is 47.7 Å². The Labute approximate surface area is 168 Å². The molecule has 1 aromatic heterocycles. The summed E-state index contributed by atoms with van der Waals surface area (Å²) in [7, 11) is 0. The highest BCUT2D eigenvalue weighted by atomic mass is 16.7. The molecular weight excluding hydrogens is 374 g/mol. The summed E-state index contributed by atoms with van der Waals surface area (Å²) in [4.78, 5) is 31.1. The summed E-state index contributed by atoms with van der Waals surface area (Å²) in [5.74, 6) is 0.905. The number of ether oxygens (including phenoxy) is 3. The molecule has 2 aromatic rings. The number of hydrogen-bond donors (Lipinski definition) is 1. The summed E-state index contributed by atoms with van der Waals surface area (Å²) in [6, 6.07) is 8.24. The number of pyridine rings is 1. The Morgan fingerprint density at radius 3 is 2.86 bits per heavy atom. The number of amides is 1. The van der Waals surface area contributed by atoms with Crippen molar-refractivity contribution in [3.05, 3.63) is 47.8 Å². The molecule has 0 radical (unpaired) electrons. The lowest BCUT2D eigenvalue weighted by Gasteiger charge is -2.23. The number of rotatable bonds is 6. The van der Waals surface area contributed by atoms with Gasteiger partial charge < -0.3 is 19.5 Å². The molecule has 1 saturated heterocycles. The lowest BCUT2D eigenvalue weighted by atomic mass is 10.1. The summed E-state index contributed by atoms with van der Waals surface area (Å²) < 4.78 is 15.9. The molecule has 2 aliphatic rings. The maximum Gasteiger partial charge on any atom is 0.338 e. The first-order valence-electron chi connectivity index (χ1n) is 9.71. The number of hydrogen-bond acceptors (Lipinski definition) is 7. The zero-order valence-corrected chi connectivity index (χ0v) is 16.2. The summed E-state index contributed by atoms with van der Waals surface area (Å²) >= 11 is 0. The van der Waals surface area contributed by atoms with Crippen LogP contribution in [0.15, 0.2) is 36.5 Å². The Kier molecular flexibility index (Phi) is 5.62. The van der Waals surface area contributed by atoms with Crippen LogP contribution in [0.3, 0.4) is 0 Å². The number of fused-ring (bicyclic) bond motifs is 1. The van der Waals surface area contributed by atoms with Gasteiger partial charge in [-0.25, -0.2) is 4.79 Å². The van der Waals surface area contributed by atoms with E-state index in [4.69, 9.17) is 14.2 Å². The zero-order valence-electron chi connectivity index (χ0n) is 16.2. The third-order valence-corrected chi connectivity index (χ3v) is 5.04. The molecule has 1 amide bonds. The van der Waals surface area contributed by atoms with Crippen LogP contribution >= 0.6 is 0 Å². The van der Waals surface area contributed by atoms with E-state index in [1.54, 1.807) is 43.5 Å². The number of nitrogens with zero attached hydrogens (tertiary/aromatic N) is 2. The van der Waals surface area contributed by atoms with Crippen LogP contribution in [0, 0.1) is 0 Å². The average Bonchev–Trinajstić information content (AvgIpc) is 3.38. The highest BCUT2D eigenvalue weighted by Crippen LogP contribution is 2.35. The standard InChI is InChI=1S/C21H23N3O5/c1-2-27-21(26)14-5-7-15(8-6-14)23-20(25)17-4-3-11-24(17)12-16-19-18(9-10-22-16)28-13-29-19/h5-10,17H,2-4,11-13H2,1H3,(H,23,25). The van der Waals surface area contributed by atoms with Crippen molar-refractivity contribution < 1.29 is 23.8 Å². The highest BCUT2D eigenvalue weighted by Gasteiger charge is 2.32. The quantitative estimate of drug-likeness (QED) is 0.749. The molecule has 8 nitrogen and oxygen atoms in total. The van der Waals surface area contributed by atoms with E-state index >= 15 is 0 Å². The molecule has 1 fully saturated rings. The van der Waals surface area contributed by atoms with Crippen LogP contribution in [0.25, 0.3) is 0 Å². The van der Waals surface area contributed by atoms with Crippen molar-refractivity contribution in [3.8, 4) is 11.5 Å². The molecule has 0 saturated carbocycles. The third-order valence-electron chi connectivity index (χ3n) is 5.04. The number of esters is 1. The Hall–Kier alpha value is -3.13. The van der Waals surface area contributed by atoms with Gasteiger partial charge >= 0.3 is 5.97 Å². The molecule has 1 aromatic carbocycles. The van der Waals surface area contributed by atoms with Crippen LogP contribution in [0.1, 0.15) is 35.8 Å². The molecule has 1 N–H and O–H groups in total. The summed E-state index contributed by atoms with van der Waals surface area (Å²) in [5.41, 5.74) is 1.88. The van der Waals surface area contributed by atoms with Gasteiger partial charge in [0.15, 0.2) is 11.5 Å². The first kappa shape index (κ1) is 19.2. The maximum atomic E-state index is 12.8. The van der Waals surface area contributed by atoms with E-state index in [2.05, 4.69) is 15.2 Å². The predicted octanol–water partition coefficient (Wildman–Crippen LogP) is 2.59. The lowest BCUT2D eigenvalue weighted by molar-refractivity contribution is -0.120. The number of nitrogens with one attached hydrogen (secondary N) is 1.